The molecular formula is C20H30N4O3. The summed E-state index contributed by atoms with van der Waals surface area (Å²) in [6, 6.07) is 4.17. The molecule has 0 spiro atoms. The van der Waals surface area contributed by atoms with E-state index in [4.69, 9.17) is 4.74 Å². The number of carbonyl (C=O) groups is 1. The monoisotopic (exact) mass is 374 g/mol. The van der Waals surface area contributed by atoms with E-state index in [2.05, 4.69) is 16.4 Å². The second-order valence-corrected chi connectivity index (χ2v) is 8.02. The molecule has 27 heavy (non-hydrogen) atoms. The molecule has 1 saturated carbocycles. The molecular weight excluding hydrogens is 344 g/mol. The summed E-state index contributed by atoms with van der Waals surface area (Å²) in [4.78, 5) is 17.8. The van der Waals surface area contributed by atoms with E-state index in [1.807, 2.05) is 34.6 Å². The molecule has 2 N–H and O–H groups in total. The SMILES string of the molecule is CCOc1nc(N[C@H]2CC[C@H](N(C(=O)O)C(C)(C)C)CC2)c(C)cc1C#N. The fourth-order valence-corrected chi connectivity index (χ4v) is 3.73. The predicted octanol–water partition coefficient (Wildman–Crippen LogP) is 4.16. The molecule has 7 nitrogen and oxygen atoms in total. The van der Waals surface area contributed by atoms with Gasteiger partial charge in [0.25, 0.3) is 0 Å². The van der Waals surface area contributed by atoms with E-state index in [0.717, 1.165) is 37.1 Å². The number of hydrogen-bond acceptors (Lipinski definition) is 5. The van der Waals surface area contributed by atoms with Gasteiger partial charge in [-0.15, -0.1) is 0 Å². The van der Waals surface area contributed by atoms with Gasteiger partial charge in [0.1, 0.15) is 17.5 Å². The molecule has 2 rings (SSSR count). The highest BCUT2D eigenvalue weighted by Crippen LogP contribution is 2.31. The standard InChI is InChI=1S/C20H30N4O3/c1-6-27-18-14(12-21)11-13(2)17(23-18)22-15-7-9-16(10-8-15)24(19(25)26)20(3,4)5/h11,15-16H,6-10H2,1-5H3,(H,22,23)(H,25,26)/t15-,16-. The van der Waals surface area contributed by atoms with Gasteiger partial charge in [-0.05, 0) is 71.9 Å². The van der Waals surface area contributed by atoms with E-state index in [1.54, 1.807) is 11.0 Å². The Morgan fingerprint density at radius 2 is 2.04 bits per heavy atom. The lowest BCUT2D eigenvalue weighted by Crippen LogP contribution is -2.52. The van der Waals surface area contributed by atoms with E-state index >= 15 is 0 Å². The number of nitrogens with zero attached hydrogens (tertiary/aromatic N) is 3. The first kappa shape index (κ1) is 20.8. The van der Waals surface area contributed by atoms with Crippen LogP contribution in [0.25, 0.3) is 0 Å². The van der Waals surface area contributed by atoms with Crippen molar-refractivity contribution in [1.29, 1.82) is 5.26 Å². The van der Waals surface area contributed by atoms with Gasteiger partial charge in [0, 0.05) is 17.6 Å². The summed E-state index contributed by atoms with van der Waals surface area (Å²) < 4.78 is 5.48. The van der Waals surface area contributed by atoms with Gasteiger partial charge in [0.2, 0.25) is 5.88 Å². The first-order valence-electron chi connectivity index (χ1n) is 9.50. The predicted molar refractivity (Wildman–Crippen MR) is 104 cm³/mol. The number of hydrogen-bond donors (Lipinski definition) is 2. The van der Waals surface area contributed by atoms with Crippen LogP contribution in [-0.2, 0) is 0 Å². The Balaban J connectivity index is 2.07. The molecule has 0 aliphatic heterocycles. The number of carboxylic acid groups (broad SMARTS) is 1. The molecule has 1 aliphatic carbocycles. The highest BCUT2D eigenvalue weighted by Gasteiger charge is 2.35. The lowest BCUT2D eigenvalue weighted by Gasteiger charge is -2.42. The Morgan fingerprint density at radius 1 is 1.41 bits per heavy atom. The van der Waals surface area contributed by atoms with Crippen molar-refractivity contribution < 1.29 is 14.6 Å². The number of nitrogens with one attached hydrogen (secondary N) is 1. The minimum Gasteiger partial charge on any atom is -0.477 e. The van der Waals surface area contributed by atoms with E-state index in [-0.39, 0.29) is 12.1 Å². The van der Waals surface area contributed by atoms with Crippen LogP contribution >= 0.6 is 0 Å². The lowest BCUT2D eigenvalue weighted by molar-refractivity contribution is 0.0556. The third-order valence-corrected chi connectivity index (χ3v) is 4.91. The summed E-state index contributed by atoms with van der Waals surface area (Å²) in [5.41, 5.74) is 0.930. The molecule has 1 aliphatic rings. The Hall–Kier alpha value is -2.49. The molecule has 0 radical (unpaired) electrons. The minimum atomic E-state index is -0.857. The first-order chi connectivity index (χ1) is 12.7. The second kappa shape index (κ2) is 8.47. The third kappa shape index (κ3) is 5.03. The van der Waals surface area contributed by atoms with Crippen LogP contribution < -0.4 is 10.1 Å². The molecule has 1 aromatic heterocycles. The average Bonchev–Trinajstić information content (AvgIpc) is 2.57. The van der Waals surface area contributed by atoms with Crippen molar-refractivity contribution in [1.82, 2.24) is 9.88 Å². The Kier molecular flexibility index (Phi) is 6.53. The average molecular weight is 374 g/mol. The van der Waals surface area contributed by atoms with E-state index < -0.39 is 11.6 Å². The number of ether oxygens (including phenoxy) is 1. The molecule has 0 saturated heterocycles. The van der Waals surface area contributed by atoms with Crippen LogP contribution in [0.3, 0.4) is 0 Å². The fraction of sp³-hybridized carbons (Fsp3) is 0.650. The van der Waals surface area contributed by atoms with Crippen LogP contribution in [-0.4, -0.2) is 45.3 Å². The number of nitriles is 1. The molecule has 148 valence electrons. The van der Waals surface area contributed by atoms with Gasteiger partial charge in [0.15, 0.2) is 0 Å². The third-order valence-electron chi connectivity index (χ3n) is 4.91. The van der Waals surface area contributed by atoms with Crippen molar-refractivity contribution in [3.63, 3.8) is 0 Å². The van der Waals surface area contributed by atoms with Crippen LogP contribution in [0.1, 0.15) is 64.5 Å². The maximum absolute atomic E-state index is 11.7. The van der Waals surface area contributed by atoms with Gasteiger partial charge in [-0.3, -0.25) is 0 Å². The summed E-state index contributed by atoms with van der Waals surface area (Å²) in [6.45, 7) is 10.0. The zero-order chi connectivity index (χ0) is 20.2. The Morgan fingerprint density at radius 3 is 2.52 bits per heavy atom. The highest BCUT2D eigenvalue weighted by molar-refractivity contribution is 5.66. The summed E-state index contributed by atoms with van der Waals surface area (Å²) in [5.74, 6) is 1.08. The molecule has 1 fully saturated rings. The summed E-state index contributed by atoms with van der Waals surface area (Å²) >= 11 is 0. The molecule has 0 atom stereocenters. The largest absolute Gasteiger partial charge is 0.477 e. The quantitative estimate of drug-likeness (QED) is 0.803. The maximum atomic E-state index is 11.7. The highest BCUT2D eigenvalue weighted by atomic mass is 16.5. The second-order valence-electron chi connectivity index (χ2n) is 8.02. The lowest BCUT2D eigenvalue weighted by atomic mass is 9.88. The van der Waals surface area contributed by atoms with Crippen LogP contribution in [0.4, 0.5) is 10.6 Å². The Bertz CT molecular complexity index is 713. The van der Waals surface area contributed by atoms with Gasteiger partial charge in [-0.25, -0.2) is 4.79 Å². The minimum absolute atomic E-state index is 0.0366. The van der Waals surface area contributed by atoms with Gasteiger partial charge in [-0.1, -0.05) is 0 Å². The molecule has 0 bridgehead atoms. The number of amides is 1. The Labute approximate surface area is 161 Å². The van der Waals surface area contributed by atoms with Crippen molar-refractivity contribution in [3.05, 3.63) is 17.2 Å². The molecule has 0 unspecified atom stereocenters. The number of aryl methyl sites for hydroxylation is 1. The summed E-state index contributed by atoms with van der Waals surface area (Å²) in [7, 11) is 0. The van der Waals surface area contributed by atoms with Crippen LogP contribution in [0.5, 0.6) is 5.88 Å². The molecule has 0 aromatic carbocycles. The number of aromatic nitrogens is 1. The topological polar surface area (TPSA) is 98.5 Å². The number of pyridine rings is 1. The summed E-state index contributed by atoms with van der Waals surface area (Å²) in [6.07, 6.45) is 2.51. The molecule has 1 heterocycles. The fourth-order valence-electron chi connectivity index (χ4n) is 3.73. The normalized spacial score (nSPS) is 19.9. The van der Waals surface area contributed by atoms with Crippen molar-refractivity contribution >= 4 is 11.9 Å². The number of anilines is 1. The summed E-state index contributed by atoms with van der Waals surface area (Å²) in [5, 5.41) is 22.3. The van der Waals surface area contributed by atoms with Crippen molar-refractivity contribution in [3.8, 4) is 11.9 Å². The van der Waals surface area contributed by atoms with Gasteiger partial charge in [-0.2, -0.15) is 10.2 Å². The zero-order valence-electron chi connectivity index (χ0n) is 16.9. The van der Waals surface area contributed by atoms with Gasteiger partial charge >= 0.3 is 6.09 Å². The van der Waals surface area contributed by atoms with E-state index in [0.29, 0.717) is 18.1 Å². The molecule has 1 aromatic rings. The van der Waals surface area contributed by atoms with E-state index in [9.17, 15) is 15.2 Å². The zero-order valence-corrected chi connectivity index (χ0v) is 16.9. The first-order valence-corrected chi connectivity index (χ1v) is 9.50. The molecule has 1 amide bonds. The van der Waals surface area contributed by atoms with Crippen LogP contribution in [0, 0.1) is 18.3 Å². The maximum Gasteiger partial charge on any atom is 0.407 e. The van der Waals surface area contributed by atoms with Crippen molar-refractivity contribution in [2.45, 2.75) is 77.9 Å². The number of rotatable bonds is 5. The van der Waals surface area contributed by atoms with Crippen LogP contribution in [0.2, 0.25) is 0 Å². The van der Waals surface area contributed by atoms with Crippen molar-refractivity contribution in [2.75, 3.05) is 11.9 Å². The van der Waals surface area contributed by atoms with Gasteiger partial charge in [0.05, 0.1) is 6.61 Å². The van der Waals surface area contributed by atoms with Gasteiger partial charge < -0.3 is 20.1 Å². The van der Waals surface area contributed by atoms with Crippen molar-refractivity contribution in [2.24, 2.45) is 0 Å². The smallest absolute Gasteiger partial charge is 0.407 e. The van der Waals surface area contributed by atoms with E-state index in [1.165, 1.54) is 0 Å². The molecule has 7 heteroatoms. The van der Waals surface area contributed by atoms with Crippen LogP contribution in [0.15, 0.2) is 6.07 Å².